The second-order valence-electron chi connectivity index (χ2n) is 8.01. The maximum atomic E-state index is 12.7. The van der Waals surface area contributed by atoms with E-state index in [1.807, 2.05) is 36.4 Å². The van der Waals surface area contributed by atoms with Crippen molar-refractivity contribution in [3.05, 3.63) is 54.1 Å². The van der Waals surface area contributed by atoms with Gasteiger partial charge in [0, 0.05) is 23.2 Å². The summed E-state index contributed by atoms with van der Waals surface area (Å²) in [4.78, 5) is 23.7. The molecular formula is C24H30N2O4. The van der Waals surface area contributed by atoms with Crippen molar-refractivity contribution >= 4 is 12.4 Å². The lowest BCUT2D eigenvalue weighted by Gasteiger charge is -2.39. The van der Waals surface area contributed by atoms with Crippen molar-refractivity contribution in [1.82, 2.24) is 10.2 Å². The zero-order chi connectivity index (χ0) is 21.4. The number of hydrogen-bond donors (Lipinski definition) is 3. The fourth-order valence-electron chi connectivity index (χ4n) is 4.70. The molecule has 1 amide bonds. The lowest BCUT2D eigenvalue weighted by Crippen LogP contribution is -2.53. The predicted octanol–water partition coefficient (Wildman–Crippen LogP) is 3.90. The minimum Gasteiger partial charge on any atom is -0.507 e. The molecule has 0 aromatic heterocycles. The van der Waals surface area contributed by atoms with Crippen LogP contribution in [0.4, 0.5) is 0 Å². The van der Waals surface area contributed by atoms with Crippen molar-refractivity contribution in [3.63, 3.8) is 0 Å². The molecule has 30 heavy (non-hydrogen) atoms. The second-order valence-corrected chi connectivity index (χ2v) is 8.01. The number of nitrogens with zero attached hydrogens (tertiary/aromatic N) is 1. The molecule has 3 N–H and O–H groups in total. The Morgan fingerprint density at radius 2 is 1.60 bits per heavy atom. The van der Waals surface area contributed by atoms with Crippen LogP contribution in [0, 0.1) is 0 Å². The molecule has 2 fully saturated rings. The highest BCUT2D eigenvalue weighted by atomic mass is 16.3. The highest BCUT2D eigenvalue weighted by Gasteiger charge is 2.40. The molecule has 0 spiro atoms. The molecule has 6 nitrogen and oxygen atoms in total. The number of amides is 1. The van der Waals surface area contributed by atoms with E-state index in [1.54, 1.807) is 12.1 Å². The number of phenols is 1. The second kappa shape index (κ2) is 10.3. The van der Waals surface area contributed by atoms with Crippen LogP contribution in [-0.4, -0.2) is 52.7 Å². The average Bonchev–Trinajstić information content (AvgIpc) is 3.46. The van der Waals surface area contributed by atoms with Gasteiger partial charge in [-0.2, -0.15) is 0 Å². The molecular weight excluding hydrogens is 380 g/mol. The lowest BCUT2D eigenvalue weighted by atomic mass is 9.95. The van der Waals surface area contributed by atoms with Crippen LogP contribution in [0.3, 0.4) is 0 Å². The maximum absolute atomic E-state index is 12.7. The van der Waals surface area contributed by atoms with Crippen LogP contribution in [0.2, 0.25) is 0 Å². The van der Waals surface area contributed by atoms with Gasteiger partial charge in [-0.1, -0.05) is 43.2 Å². The summed E-state index contributed by atoms with van der Waals surface area (Å²) in [5.41, 5.74) is 2.53. The van der Waals surface area contributed by atoms with Crippen molar-refractivity contribution in [2.45, 2.75) is 44.1 Å². The van der Waals surface area contributed by atoms with E-state index in [0.29, 0.717) is 5.56 Å². The molecule has 1 saturated heterocycles. The van der Waals surface area contributed by atoms with Gasteiger partial charge in [0.15, 0.2) is 0 Å². The molecule has 160 valence electrons. The number of hydrogen-bond acceptors (Lipinski definition) is 4. The van der Waals surface area contributed by atoms with Gasteiger partial charge in [-0.05, 0) is 62.5 Å². The third-order valence-corrected chi connectivity index (χ3v) is 6.25. The van der Waals surface area contributed by atoms with Crippen molar-refractivity contribution in [3.8, 4) is 16.9 Å². The fraction of sp³-hybridized carbons (Fsp3) is 0.417. The zero-order valence-electron chi connectivity index (χ0n) is 17.2. The number of phenolic OH excluding ortho intramolecular Hbond substituents is 1. The van der Waals surface area contributed by atoms with E-state index in [9.17, 15) is 9.90 Å². The molecule has 0 unspecified atom stereocenters. The van der Waals surface area contributed by atoms with Crippen molar-refractivity contribution < 1.29 is 19.8 Å². The minimum absolute atomic E-state index is 0.00990. The normalized spacial score (nSPS) is 17.7. The molecule has 4 rings (SSSR count). The van der Waals surface area contributed by atoms with Gasteiger partial charge in [0.05, 0.1) is 0 Å². The highest BCUT2D eigenvalue weighted by Crippen LogP contribution is 2.37. The standard InChI is InChI=1S/C23H28N2O2.CH2O2/c26-21-8-2-1-7-20(21)18-9-11-19(12-10-18)22(27)24-17-23(13-3-4-14-23)25-15-5-6-16-25;2-1-3/h1-2,7-12,26H,3-6,13-17H2,(H,24,27);1H,(H,2,3). The van der Waals surface area contributed by atoms with Crippen LogP contribution >= 0.6 is 0 Å². The number of aromatic hydroxyl groups is 1. The first-order valence-electron chi connectivity index (χ1n) is 10.6. The summed E-state index contributed by atoms with van der Waals surface area (Å²) in [5, 5.41) is 20.1. The SMILES string of the molecule is O=C(NCC1(N2CCCC2)CCCC1)c1ccc(-c2ccccc2O)cc1.O=CO. The minimum atomic E-state index is -0.250. The smallest absolute Gasteiger partial charge is 0.290 e. The Morgan fingerprint density at radius 3 is 2.20 bits per heavy atom. The van der Waals surface area contributed by atoms with Crippen LogP contribution < -0.4 is 5.32 Å². The van der Waals surface area contributed by atoms with E-state index in [2.05, 4.69) is 10.2 Å². The van der Waals surface area contributed by atoms with Gasteiger partial charge in [0.1, 0.15) is 5.75 Å². The predicted molar refractivity (Wildman–Crippen MR) is 117 cm³/mol. The summed E-state index contributed by atoms with van der Waals surface area (Å²) in [6.45, 7) is 2.84. The maximum Gasteiger partial charge on any atom is 0.290 e. The number of rotatable bonds is 5. The number of likely N-dealkylation sites (tertiary alicyclic amines) is 1. The molecule has 6 heteroatoms. The third kappa shape index (κ3) is 5.00. The van der Waals surface area contributed by atoms with E-state index < -0.39 is 0 Å². The van der Waals surface area contributed by atoms with Gasteiger partial charge in [0.25, 0.3) is 12.4 Å². The number of para-hydroxylation sites is 1. The first kappa shape index (κ1) is 21.8. The summed E-state index contributed by atoms with van der Waals surface area (Å²) in [6, 6.07) is 14.7. The molecule has 0 bridgehead atoms. The quantitative estimate of drug-likeness (QED) is 0.651. The topological polar surface area (TPSA) is 89.9 Å². The Balaban J connectivity index is 0.000000806. The van der Waals surface area contributed by atoms with Gasteiger partial charge in [-0.15, -0.1) is 0 Å². The van der Waals surface area contributed by atoms with E-state index in [4.69, 9.17) is 9.90 Å². The molecule has 2 aromatic carbocycles. The van der Waals surface area contributed by atoms with Gasteiger partial charge in [-0.3, -0.25) is 14.5 Å². The van der Waals surface area contributed by atoms with Crippen molar-refractivity contribution in [2.75, 3.05) is 19.6 Å². The molecule has 1 heterocycles. The molecule has 1 aliphatic heterocycles. The molecule has 0 radical (unpaired) electrons. The van der Waals surface area contributed by atoms with Crippen molar-refractivity contribution in [2.24, 2.45) is 0 Å². The molecule has 2 aliphatic rings. The van der Waals surface area contributed by atoms with E-state index in [0.717, 1.165) is 17.7 Å². The summed E-state index contributed by atoms with van der Waals surface area (Å²) < 4.78 is 0. The van der Waals surface area contributed by atoms with Gasteiger partial charge < -0.3 is 15.5 Å². The van der Waals surface area contributed by atoms with Gasteiger partial charge >= 0.3 is 0 Å². The van der Waals surface area contributed by atoms with Gasteiger partial charge in [-0.25, -0.2) is 0 Å². The fourth-order valence-corrected chi connectivity index (χ4v) is 4.70. The van der Waals surface area contributed by atoms with Crippen LogP contribution in [0.1, 0.15) is 48.9 Å². The van der Waals surface area contributed by atoms with Gasteiger partial charge in [0.2, 0.25) is 0 Å². The lowest BCUT2D eigenvalue weighted by molar-refractivity contribution is -0.122. The van der Waals surface area contributed by atoms with Crippen LogP contribution in [0.25, 0.3) is 11.1 Å². The monoisotopic (exact) mass is 410 g/mol. The number of carbonyl (C=O) groups excluding carboxylic acids is 1. The summed E-state index contributed by atoms with van der Waals surface area (Å²) in [7, 11) is 0. The van der Waals surface area contributed by atoms with E-state index >= 15 is 0 Å². The Morgan fingerprint density at radius 1 is 1.00 bits per heavy atom. The first-order valence-corrected chi connectivity index (χ1v) is 10.6. The molecule has 1 aliphatic carbocycles. The molecule has 1 saturated carbocycles. The van der Waals surface area contributed by atoms with Crippen LogP contribution in [-0.2, 0) is 4.79 Å². The Hall–Kier alpha value is -2.86. The summed E-state index contributed by atoms with van der Waals surface area (Å²) in [5.74, 6) is 0.243. The first-order chi connectivity index (χ1) is 14.6. The Labute approximate surface area is 177 Å². The van der Waals surface area contributed by atoms with E-state index in [1.165, 1.54) is 51.6 Å². The zero-order valence-corrected chi connectivity index (χ0v) is 17.2. The third-order valence-electron chi connectivity index (χ3n) is 6.25. The van der Waals surface area contributed by atoms with Crippen molar-refractivity contribution in [1.29, 1.82) is 0 Å². The highest BCUT2D eigenvalue weighted by molar-refractivity contribution is 5.94. The van der Waals surface area contributed by atoms with E-state index in [-0.39, 0.29) is 23.7 Å². The molecule has 2 aromatic rings. The Kier molecular flexibility index (Phi) is 7.46. The van der Waals surface area contributed by atoms with Crippen LogP contribution in [0.5, 0.6) is 5.75 Å². The summed E-state index contributed by atoms with van der Waals surface area (Å²) >= 11 is 0. The molecule has 0 atom stereocenters. The number of benzene rings is 2. The average molecular weight is 411 g/mol. The number of carboxylic acid groups (broad SMARTS) is 1. The number of nitrogens with one attached hydrogen (secondary N) is 1. The number of carbonyl (C=O) groups is 2. The summed E-state index contributed by atoms with van der Waals surface area (Å²) in [6.07, 6.45) is 7.48. The largest absolute Gasteiger partial charge is 0.507 e. The Bertz CT molecular complexity index is 839. The van der Waals surface area contributed by atoms with Crippen LogP contribution in [0.15, 0.2) is 48.5 Å².